The molecule has 1 N–H and O–H groups in total. The highest BCUT2D eigenvalue weighted by Crippen LogP contribution is 2.30. The zero-order valence-electron chi connectivity index (χ0n) is 18.0. The first kappa shape index (κ1) is 25.3. The number of nitro groups is 1. The van der Waals surface area contributed by atoms with Crippen molar-refractivity contribution in [1.82, 2.24) is 0 Å². The molecule has 0 saturated carbocycles. The van der Waals surface area contributed by atoms with Crippen molar-refractivity contribution in [1.29, 1.82) is 0 Å². The van der Waals surface area contributed by atoms with Crippen LogP contribution in [0.4, 0.5) is 17.1 Å². The van der Waals surface area contributed by atoms with Gasteiger partial charge in [0, 0.05) is 16.7 Å². The number of benzene rings is 3. The molecular formula is C22H19Cl2N3O6S. The summed E-state index contributed by atoms with van der Waals surface area (Å²) in [6.45, 7) is 0.858. The molecule has 0 aromatic heterocycles. The minimum atomic E-state index is -4.38. The quantitative estimate of drug-likeness (QED) is 0.325. The van der Waals surface area contributed by atoms with Crippen LogP contribution in [0.5, 0.6) is 5.75 Å². The van der Waals surface area contributed by atoms with Gasteiger partial charge in [-0.1, -0.05) is 29.3 Å². The van der Waals surface area contributed by atoms with Gasteiger partial charge in [-0.3, -0.25) is 19.2 Å². The highest BCUT2D eigenvalue weighted by molar-refractivity contribution is 7.92. The molecule has 178 valence electrons. The van der Waals surface area contributed by atoms with E-state index in [0.29, 0.717) is 16.3 Å². The summed E-state index contributed by atoms with van der Waals surface area (Å²) < 4.78 is 33.0. The largest absolute Gasteiger partial charge is 0.497 e. The summed E-state index contributed by atoms with van der Waals surface area (Å²) >= 11 is 12.0. The third kappa shape index (κ3) is 5.58. The lowest BCUT2D eigenvalue weighted by Gasteiger charge is -2.24. The Morgan fingerprint density at radius 3 is 2.38 bits per heavy atom. The van der Waals surface area contributed by atoms with Gasteiger partial charge in [-0.05, 0) is 55.5 Å². The molecule has 0 spiro atoms. The first-order valence-corrected chi connectivity index (χ1v) is 11.9. The first-order chi connectivity index (χ1) is 16.0. The molecule has 34 heavy (non-hydrogen) atoms. The Hall–Kier alpha value is -3.34. The van der Waals surface area contributed by atoms with Crippen LogP contribution in [-0.2, 0) is 14.8 Å². The van der Waals surface area contributed by atoms with Gasteiger partial charge in [-0.25, -0.2) is 8.42 Å². The van der Waals surface area contributed by atoms with Crippen molar-refractivity contribution in [2.24, 2.45) is 0 Å². The molecule has 0 heterocycles. The van der Waals surface area contributed by atoms with Crippen LogP contribution in [0, 0.1) is 17.0 Å². The fourth-order valence-electron chi connectivity index (χ4n) is 3.05. The van der Waals surface area contributed by atoms with Crippen LogP contribution in [0.3, 0.4) is 0 Å². The fraction of sp³-hybridized carbons (Fsp3) is 0.136. The van der Waals surface area contributed by atoms with Crippen LogP contribution in [0.15, 0.2) is 65.6 Å². The van der Waals surface area contributed by atoms with Gasteiger partial charge in [-0.15, -0.1) is 0 Å². The Morgan fingerprint density at radius 2 is 1.76 bits per heavy atom. The second-order valence-electron chi connectivity index (χ2n) is 7.09. The summed E-state index contributed by atoms with van der Waals surface area (Å²) in [6, 6.07) is 14.0. The molecule has 0 aliphatic carbocycles. The van der Waals surface area contributed by atoms with E-state index in [1.807, 2.05) is 0 Å². The zero-order chi connectivity index (χ0) is 25.0. The van der Waals surface area contributed by atoms with E-state index < -0.39 is 27.4 Å². The van der Waals surface area contributed by atoms with Gasteiger partial charge in [0.25, 0.3) is 15.7 Å². The maximum absolute atomic E-state index is 13.5. The fourth-order valence-corrected chi connectivity index (χ4v) is 4.83. The molecule has 9 nitrogen and oxygen atoms in total. The van der Waals surface area contributed by atoms with Gasteiger partial charge in [0.15, 0.2) is 0 Å². The Labute approximate surface area is 206 Å². The van der Waals surface area contributed by atoms with E-state index >= 15 is 0 Å². The minimum Gasteiger partial charge on any atom is -0.497 e. The zero-order valence-corrected chi connectivity index (χ0v) is 20.3. The Morgan fingerprint density at radius 1 is 1.09 bits per heavy atom. The molecule has 0 aliphatic rings. The van der Waals surface area contributed by atoms with Gasteiger partial charge >= 0.3 is 0 Å². The van der Waals surface area contributed by atoms with Crippen molar-refractivity contribution in [3.8, 4) is 5.75 Å². The summed E-state index contributed by atoms with van der Waals surface area (Å²) in [7, 11) is -2.93. The van der Waals surface area contributed by atoms with E-state index in [-0.39, 0.29) is 27.0 Å². The molecule has 0 bridgehead atoms. The third-order valence-corrected chi connectivity index (χ3v) is 7.15. The number of halogens is 2. The molecule has 3 aromatic rings. The van der Waals surface area contributed by atoms with Crippen molar-refractivity contribution in [2.75, 3.05) is 23.3 Å². The number of carbonyl (C=O) groups is 1. The molecule has 1 amide bonds. The van der Waals surface area contributed by atoms with Gasteiger partial charge in [-0.2, -0.15) is 0 Å². The van der Waals surface area contributed by atoms with Gasteiger partial charge in [0.2, 0.25) is 5.91 Å². The highest BCUT2D eigenvalue weighted by Gasteiger charge is 2.29. The number of amides is 1. The van der Waals surface area contributed by atoms with Crippen LogP contribution in [0.2, 0.25) is 10.0 Å². The maximum atomic E-state index is 13.5. The number of carbonyl (C=O) groups excluding carboxylic acids is 1. The normalized spacial score (nSPS) is 11.1. The number of hydrogen-bond acceptors (Lipinski definition) is 6. The number of ether oxygens (including phenoxy) is 1. The van der Waals surface area contributed by atoms with E-state index in [4.69, 9.17) is 27.9 Å². The SMILES string of the molecule is COc1ccc(N(CC(=O)Nc2cc(Cl)ccc2Cl)S(=O)(=O)c2ccc(C)c([N+](=O)[O-])c2)cc1. The van der Waals surface area contributed by atoms with E-state index in [2.05, 4.69) is 5.32 Å². The highest BCUT2D eigenvalue weighted by atomic mass is 35.5. The van der Waals surface area contributed by atoms with E-state index in [9.17, 15) is 23.3 Å². The van der Waals surface area contributed by atoms with Crippen molar-refractivity contribution < 1.29 is 22.9 Å². The van der Waals surface area contributed by atoms with Crippen LogP contribution in [0.1, 0.15) is 5.56 Å². The Kier molecular flexibility index (Phi) is 7.65. The summed E-state index contributed by atoms with van der Waals surface area (Å²) in [5.41, 5.74) is 0.299. The number of rotatable bonds is 8. The van der Waals surface area contributed by atoms with Crippen molar-refractivity contribution >= 4 is 56.2 Å². The second kappa shape index (κ2) is 10.3. The number of hydrogen-bond donors (Lipinski definition) is 1. The number of anilines is 2. The number of aryl methyl sites for hydroxylation is 1. The molecule has 0 aliphatic heterocycles. The number of nitrogens with zero attached hydrogens (tertiary/aromatic N) is 2. The maximum Gasteiger partial charge on any atom is 0.273 e. The topological polar surface area (TPSA) is 119 Å². The molecule has 0 unspecified atom stereocenters. The van der Waals surface area contributed by atoms with Crippen molar-refractivity contribution in [3.05, 3.63) is 86.4 Å². The Bertz CT molecular complexity index is 1350. The van der Waals surface area contributed by atoms with Crippen molar-refractivity contribution in [2.45, 2.75) is 11.8 Å². The number of methoxy groups -OCH3 is 1. The van der Waals surface area contributed by atoms with Gasteiger partial charge < -0.3 is 10.1 Å². The van der Waals surface area contributed by atoms with Crippen molar-refractivity contribution in [3.63, 3.8) is 0 Å². The van der Waals surface area contributed by atoms with Gasteiger partial charge in [0.05, 0.1) is 33.3 Å². The molecule has 0 saturated heterocycles. The summed E-state index contributed by atoms with van der Waals surface area (Å²) in [4.78, 5) is 23.2. The minimum absolute atomic E-state index is 0.149. The summed E-state index contributed by atoms with van der Waals surface area (Å²) in [6.07, 6.45) is 0. The lowest BCUT2D eigenvalue weighted by atomic mass is 10.2. The predicted molar refractivity (Wildman–Crippen MR) is 130 cm³/mol. The molecule has 3 rings (SSSR count). The van der Waals surface area contributed by atoms with E-state index in [1.54, 1.807) is 0 Å². The third-order valence-electron chi connectivity index (χ3n) is 4.82. The van der Waals surface area contributed by atoms with Crippen LogP contribution < -0.4 is 14.4 Å². The predicted octanol–water partition coefficient (Wildman–Crippen LogP) is 5.05. The lowest BCUT2D eigenvalue weighted by molar-refractivity contribution is -0.385. The summed E-state index contributed by atoms with van der Waals surface area (Å²) in [5.74, 6) is -0.229. The summed E-state index contributed by atoms with van der Waals surface area (Å²) in [5, 5.41) is 14.4. The van der Waals surface area contributed by atoms with E-state index in [1.165, 1.54) is 68.6 Å². The molecule has 3 aromatic carbocycles. The molecule has 0 atom stereocenters. The molecule has 0 fully saturated rings. The monoisotopic (exact) mass is 523 g/mol. The van der Waals surface area contributed by atoms with E-state index in [0.717, 1.165) is 10.4 Å². The molecule has 12 heteroatoms. The molecular weight excluding hydrogens is 505 g/mol. The molecule has 0 radical (unpaired) electrons. The number of sulfonamides is 1. The Balaban J connectivity index is 2.03. The average Bonchev–Trinajstić information content (AvgIpc) is 2.80. The first-order valence-electron chi connectivity index (χ1n) is 9.69. The van der Waals surface area contributed by atoms with Gasteiger partial charge in [0.1, 0.15) is 12.3 Å². The number of nitrogens with one attached hydrogen (secondary N) is 1. The van der Waals surface area contributed by atoms with Crippen LogP contribution >= 0.6 is 23.2 Å². The second-order valence-corrected chi connectivity index (χ2v) is 9.79. The van der Waals surface area contributed by atoms with Crippen LogP contribution in [0.25, 0.3) is 0 Å². The smallest absolute Gasteiger partial charge is 0.273 e. The average molecular weight is 524 g/mol. The number of nitro benzene ring substituents is 1. The standard InChI is InChI=1S/C22H19Cl2N3O6S/c1-14-3-9-18(12-21(14)27(29)30)34(31,32)26(16-5-7-17(33-2)8-6-16)13-22(28)25-20-11-15(23)4-10-19(20)24/h3-12H,13H2,1-2H3,(H,25,28). The van der Waals surface area contributed by atoms with Crippen LogP contribution in [-0.4, -0.2) is 32.9 Å². The lowest BCUT2D eigenvalue weighted by Crippen LogP contribution is -2.38.